The molecular formula is C21H17F3N2O4S. The minimum Gasteiger partial charge on any atom is -0.497 e. The van der Waals surface area contributed by atoms with Gasteiger partial charge < -0.3 is 10.1 Å². The minimum atomic E-state index is -4.29. The molecule has 0 bridgehead atoms. The molecule has 0 aliphatic rings. The number of ether oxygens (including phenoxy) is 1. The minimum absolute atomic E-state index is 0.0126. The SMILES string of the molecule is COc1ccc(S(=O)(=O)N(CC(=O)Nc2c(F)cccc2F)c2ccc(F)cc2)cc1. The number of anilines is 2. The molecule has 0 heterocycles. The van der Waals surface area contributed by atoms with Crippen molar-refractivity contribution in [2.24, 2.45) is 0 Å². The van der Waals surface area contributed by atoms with E-state index in [9.17, 15) is 26.4 Å². The van der Waals surface area contributed by atoms with Crippen LogP contribution in [0.5, 0.6) is 5.75 Å². The van der Waals surface area contributed by atoms with Crippen LogP contribution in [0.15, 0.2) is 71.6 Å². The number of nitrogens with one attached hydrogen (secondary N) is 1. The van der Waals surface area contributed by atoms with Crippen LogP contribution in [0.2, 0.25) is 0 Å². The second-order valence-electron chi connectivity index (χ2n) is 6.31. The number of hydrogen-bond acceptors (Lipinski definition) is 4. The van der Waals surface area contributed by atoms with Crippen molar-refractivity contribution in [2.75, 3.05) is 23.3 Å². The van der Waals surface area contributed by atoms with E-state index < -0.39 is 45.6 Å². The van der Waals surface area contributed by atoms with Crippen molar-refractivity contribution in [3.8, 4) is 5.75 Å². The van der Waals surface area contributed by atoms with Crippen LogP contribution >= 0.6 is 0 Å². The lowest BCUT2D eigenvalue weighted by Crippen LogP contribution is -2.38. The van der Waals surface area contributed by atoms with Gasteiger partial charge in [0.15, 0.2) is 0 Å². The fourth-order valence-corrected chi connectivity index (χ4v) is 4.14. The summed E-state index contributed by atoms with van der Waals surface area (Å²) in [5.74, 6) is -3.21. The molecule has 0 fully saturated rings. The van der Waals surface area contributed by atoms with Crippen molar-refractivity contribution in [1.29, 1.82) is 0 Å². The highest BCUT2D eigenvalue weighted by atomic mass is 32.2. The number of benzene rings is 3. The summed E-state index contributed by atoms with van der Waals surface area (Å²) in [6, 6.07) is 12.8. The van der Waals surface area contributed by atoms with Crippen LogP contribution in [0.25, 0.3) is 0 Å². The maximum Gasteiger partial charge on any atom is 0.264 e. The lowest BCUT2D eigenvalue weighted by Gasteiger charge is -2.24. The quantitative estimate of drug-likeness (QED) is 0.592. The first-order valence-corrected chi connectivity index (χ1v) is 10.3. The molecule has 6 nitrogen and oxygen atoms in total. The number of rotatable bonds is 7. The van der Waals surface area contributed by atoms with Crippen LogP contribution in [-0.2, 0) is 14.8 Å². The molecule has 0 spiro atoms. The molecule has 10 heteroatoms. The molecule has 0 unspecified atom stereocenters. The van der Waals surface area contributed by atoms with E-state index >= 15 is 0 Å². The van der Waals surface area contributed by atoms with E-state index in [1.807, 2.05) is 5.32 Å². The van der Waals surface area contributed by atoms with Crippen LogP contribution in [0.4, 0.5) is 24.5 Å². The first-order valence-electron chi connectivity index (χ1n) is 8.88. The molecule has 0 saturated carbocycles. The second kappa shape index (κ2) is 9.09. The van der Waals surface area contributed by atoms with Gasteiger partial charge >= 0.3 is 0 Å². The van der Waals surface area contributed by atoms with E-state index in [2.05, 4.69) is 0 Å². The highest BCUT2D eigenvalue weighted by molar-refractivity contribution is 7.92. The monoisotopic (exact) mass is 450 g/mol. The van der Waals surface area contributed by atoms with Crippen LogP contribution in [0.1, 0.15) is 0 Å². The van der Waals surface area contributed by atoms with Gasteiger partial charge in [-0.05, 0) is 60.7 Å². The molecule has 162 valence electrons. The van der Waals surface area contributed by atoms with Crippen molar-refractivity contribution in [3.05, 3.63) is 84.2 Å². The smallest absolute Gasteiger partial charge is 0.264 e. The maximum atomic E-state index is 13.8. The van der Waals surface area contributed by atoms with E-state index in [-0.39, 0.29) is 10.6 Å². The second-order valence-corrected chi connectivity index (χ2v) is 8.17. The van der Waals surface area contributed by atoms with Crippen molar-refractivity contribution >= 4 is 27.3 Å². The zero-order valence-corrected chi connectivity index (χ0v) is 17.0. The fraction of sp³-hybridized carbons (Fsp3) is 0.0952. The summed E-state index contributed by atoms with van der Waals surface area (Å²) >= 11 is 0. The van der Waals surface area contributed by atoms with Crippen molar-refractivity contribution in [1.82, 2.24) is 0 Å². The summed E-state index contributed by atoms with van der Waals surface area (Å²) in [4.78, 5) is 12.3. The van der Waals surface area contributed by atoms with Gasteiger partial charge in [0.2, 0.25) is 5.91 Å². The van der Waals surface area contributed by atoms with Gasteiger partial charge in [0.1, 0.15) is 35.4 Å². The lowest BCUT2D eigenvalue weighted by atomic mass is 10.3. The van der Waals surface area contributed by atoms with Gasteiger partial charge in [-0.3, -0.25) is 9.10 Å². The molecular weight excluding hydrogens is 433 g/mol. The molecule has 3 aromatic carbocycles. The van der Waals surface area contributed by atoms with Gasteiger partial charge in [-0.25, -0.2) is 21.6 Å². The molecule has 0 aliphatic heterocycles. The number of carbonyl (C=O) groups is 1. The summed E-state index contributed by atoms with van der Waals surface area (Å²) in [6.45, 7) is -0.812. The number of sulfonamides is 1. The summed E-state index contributed by atoms with van der Waals surface area (Å²) in [6.07, 6.45) is 0. The number of amides is 1. The number of nitrogens with zero attached hydrogens (tertiary/aromatic N) is 1. The van der Waals surface area contributed by atoms with Gasteiger partial charge in [-0.1, -0.05) is 6.07 Å². The van der Waals surface area contributed by atoms with E-state index in [4.69, 9.17) is 4.74 Å². The molecule has 31 heavy (non-hydrogen) atoms. The van der Waals surface area contributed by atoms with E-state index in [1.165, 1.54) is 43.5 Å². The summed E-state index contributed by atoms with van der Waals surface area (Å²) < 4.78 is 73.2. The Balaban J connectivity index is 1.96. The van der Waals surface area contributed by atoms with Crippen molar-refractivity contribution in [3.63, 3.8) is 0 Å². The first-order chi connectivity index (χ1) is 14.7. The Labute approximate surface area is 176 Å². The van der Waals surface area contributed by atoms with Gasteiger partial charge in [-0.15, -0.1) is 0 Å². The third kappa shape index (κ3) is 4.97. The van der Waals surface area contributed by atoms with Gasteiger partial charge in [0.05, 0.1) is 17.7 Å². The van der Waals surface area contributed by atoms with E-state index in [1.54, 1.807) is 0 Å². The first kappa shape index (κ1) is 22.2. The summed E-state index contributed by atoms with van der Waals surface area (Å²) in [5.41, 5.74) is -0.713. The zero-order valence-electron chi connectivity index (χ0n) is 16.2. The molecule has 0 saturated heterocycles. The van der Waals surface area contributed by atoms with E-state index in [0.717, 1.165) is 30.3 Å². The van der Waals surface area contributed by atoms with Crippen LogP contribution in [-0.4, -0.2) is 28.0 Å². The molecule has 3 aromatic rings. The predicted octanol–water partition coefficient (Wildman–Crippen LogP) is 3.95. The molecule has 1 N–H and O–H groups in total. The third-order valence-electron chi connectivity index (χ3n) is 4.28. The number of hydrogen-bond donors (Lipinski definition) is 1. The third-order valence-corrected chi connectivity index (χ3v) is 6.06. The highest BCUT2D eigenvalue weighted by Crippen LogP contribution is 2.26. The Morgan fingerprint density at radius 1 is 0.935 bits per heavy atom. The lowest BCUT2D eigenvalue weighted by molar-refractivity contribution is -0.114. The van der Waals surface area contributed by atoms with Gasteiger partial charge in [0, 0.05) is 0 Å². The molecule has 0 aliphatic carbocycles. The maximum absolute atomic E-state index is 13.8. The number of halogens is 3. The zero-order chi connectivity index (χ0) is 22.6. The van der Waals surface area contributed by atoms with Gasteiger partial charge in [-0.2, -0.15) is 0 Å². The number of carbonyl (C=O) groups excluding carboxylic acids is 1. The molecule has 1 amide bonds. The van der Waals surface area contributed by atoms with Crippen LogP contribution < -0.4 is 14.4 Å². The molecule has 0 atom stereocenters. The largest absolute Gasteiger partial charge is 0.497 e. The van der Waals surface area contributed by atoms with Crippen molar-refractivity contribution < 1.29 is 31.1 Å². The van der Waals surface area contributed by atoms with Crippen LogP contribution in [0.3, 0.4) is 0 Å². The predicted molar refractivity (Wildman–Crippen MR) is 109 cm³/mol. The summed E-state index contributed by atoms with van der Waals surface area (Å²) in [7, 11) is -2.88. The van der Waals surface area contributed by atoms with E-state index in [0.29, 0.717) is 10.1 Å². The highest BCUT2D eigenvalue weighted by Gasteiger charge is 2.28. The normalized spacial score (nSPS) is 11.1. The average molecular weight is 450 g/mol. The standard InChI is InChI=1S/C21H17F3N2O4S/c1-30-16-9-11-17(12-10-16)31(28,29)26(15-7-5-14(22)6-8-15)13-20(27)25-21-18(23)3-2-4-19(21)24/h2-12H,13H2,1H3,(H,25,27). The Morgan fingerprint density at radius 2 is 1.52 bits per heavy atom. The Bertz CT molecular complexity index is 1160. The number of para-hydroxylation sites is 1. The average Bonchev–Trinajstić information content (AvgIpc) is 2.75. The van der Waals surface area contributed by atoms with Crippen molar-refractivity contribution in [2.45, 2.75) is 4.90 Å². The fourth-order valence-electron chi connectivity index (χ4n) is 2.72. The Kier molecular flexibility index (Phi) is 6.50. The topological polar surface area (TPSA) is 75.7 Å². The number of methoxy groups -OCH3 is 1. The molecule has 0 aromatic heterocycles. The summed E-state index contributed by atoms with van der Waals surface area (Å²) in [5, 5.41) is 2.04. The van der Waals surface area contributed by atoms with Crippen LogP contribution in [0, 0.1) is 17.5 Å². The molecule has 3 rings (SSSR count). The Morgan fingerprint density at radius 3 is 2.06 bits per heavy atom. The Hall–Kier alpha value is -3.53. The van der Waals surface area contributed by atoms with Gasteiger partial charge in [0.25, 0.3) is 10.0 Å². The molecule has 0 radical (unpaired) electrons.